The number of H-pyrrole nitrogens is 1. The van der Waals surface area contributed by atoms with E-state index in [-0.39, 0.29) is 10.8 Å². The maximum atomic E-state index is 11.9. The Morgan fingerprint density at radius 2 is 2.11 bits per heavy atom. The molecule has 0 radical (unpaired) electrons. The quantitative estimate of drug-likeness (QED) is 0.880. The van der Waals surface area contributed by atoms with Crippen LogP contribution in [0.25, 0.3) is 0 Å². The van der Waals surface area contributed by atoms with Gasteiger partial charge in [-0.3, -0.25) is 9.69 Å². The van der Waals surface area contributed by atoms with Crippen molar-refractivity contribution < 1.29 is 4.74 Å². The first-order valence-corrected chi connectivity index (χ1v) is 6.35. The molecule has 1 saturated heterocycles. The lowest BCUT2D eigenvalue weighted by Gasteiger charge is -2.40. The second kappa shape index (κ2) is 4.86. The van der Waals surface area contributed by atoms with Crippen LogP contribution in [0, 0.1) is 19.3 Å². The van der Waals surface area contributed by atoms with Gasteiger partial charge in [-0.2, -0.15) is 0 Å². The lowest BCUT2D eigenvalue weighted by Crippen LogP contribution is -2.47. The molecule has 4 nitrogen and oxygen atoms in total. The maximum Gasteiger partial charge on any atom is 0.187 e. The van der Waals surface area contributed by atoms with Gasteiger partial charge >= 0.3 is 0 Å². The third kappa shape index (κ3) is 2.65. The highest BCUT2D eigenvalue weighted by Gasteiger charge is 2.34. The number of aromatic nitrogens is 1. The number of hydrogen-bond acceptors (Lipinski definition) is 3. The van der Waals surface area contributed by atoms with Crippen molar-refractivity contribution in [3.8, 4) is 0 Å². The van der Waals surface area contributed by atoms with Crippen LogP contribution in [0.4, 0.5) is 0 Å². The molecule has 0 amide bonds. The van der Waals surface area contributed by atoms with E-state index in [2.05, 4.69) is 23.9 Å². The lowest BCUT2D eigenvalue weighted by atomic mass is 9.88. The number of rotatable bonds is 4. The van der Waals surface area contributed by atoms with Crippen molar-refractivity contribution in [2.45, 2.75) is 27.3 Å². The molecule has 2 rings (SSSR count). The van der Waals surface area contributed by atoms with Crippen LogP contribution in [-0.2, 0) is 11.3 Å². The van der Waals surface area contributed by atoms with E-state index >= 15 is 0 Å². The summed E-state index contributed by atoms with van der Waals surface area (Å²) in [4.78, 5) is 17.3. The Morgan fingerprint density at radius 1 is 1.44 bits per heavy atom. The molecule has 0 atom stereocenters. The molecule has 0 spiro atoms. The van der Waals surface area contributed by atoms with Gasteiger partial charge in [0, 0.05) is 41.5 Å². The zero-order valence-corrected chi connectivity index (χ0v) is 11.7. The first-order chi connectivity index (χ1) is 8.41. The molecule has 0 aliphatic carbocycles. The highest BCUT2D eigenvalue weighted by molar-refractivity contribution is 5.23. The van der Waals surface area contributed by atoms with Crippen molar-refractivity contribution in [2.24, 2.45) is 5.41 Å². The standard InChI is InChI=1S/C14H22N2O2/c1-10-5-15-12(11(2)13(10)17)6-16(4)7-14(3)8-18-9-14/h5H,6-9H2,1-4H3,(H,15,17). The summed E-state index contributed by atoms with van der Waals surface area (Å²) in [5.74, 6) is 0. The van der Waals surface area contributed by atoms with Gasteiger partial charge in [0.25, 0.3) is 0 Å². The fourth-order valence-electron chi connectivity index (χ4n) is 2.49. The topological polar surface area (TPSA) is 45.3 Å². The molecule has 0 bridgehead atoms. The Hall–Kier alpha value is -1.13. The van der Waals surface area contributed by atoms with E-state index in [0.29, 0.717) is 0 Å². The molecule has 4 heteroatoms. The summed E-state index contributed by atoms with van der Waals surface area (Å²) in [5, 5.41) is 0. The minimum Gasteiger partial charge on any atom is -0.380 e. The molecule has 1 aromatic heterocycles. The van der Waals surface area contributed by atoms with Gasteiger partial charge in [0.2, 0.25) is 0 Å². The summed E-state index contributed by atoms with van der Waals surface area (Å²) in [6.45, 7) is 9.40. The molecule has 2 heterocycles. The van der Waals surface area contributed by atoms with Gasteiger partial charge in [-0.25, -0.2) is 0 Å². The maximum absolute atomic E-state index is 11.9. The number of aryl methyl sites for hydroxylation is 1. The molecule has 0 saturated carbocycles. The van der Waals surface area contributed by atoms with Crippen LogP contribution >= 0.6 is 0 Å². The van der Waals surface area contributed by atoms with Crippen LogP contribution in [0.1, 0.15) is 23.7 Å². The van der Waals surface area contributed by atoms with Gasteiger partial charge in [0.05, 0.1) is 13.2 Å². The van der Waals surface area contributed by atoms with Crippen LogP contribution in [0.3, 0.4) is 0 Å². The predicted octanol–water partition coefficient (Wildman–Crippen LogP) is 1.46. The molecule has 0 aromatic carbocycles. The van der Waals surface area contributed by atoms with Crippen LogP contribution in [-0.4, -0.2) is 36.7 Å². The molecule has 0 unspecified atom stereocenters. The summed E-state index contributed by atoms with van der Waals surface area (Å²) in [7, 11) is 2.08. The van der Waals surface area contributed by atoms with Gasteiger partial charge in [-0.15, -0.1) is 0 Å². The highest BCUT2D eigenvalue weighted by atomic mass is 16.5. The predicted molar refractivity (Wildman–Crippen MR) is 71.8 cm³/mol. The Labute approximate surface area is 108 Å². The van der Waals surface area contributed by atoms with E-state index in [0.717, 1.165) is 43.1 Å². The van der Waals surface area contributed by atoms with E-state index < -0.39 is 0 Å². The number of hydrogen-bond donors (Lipinski definition) is 1. The van der Waals surface area contributed by atoms with Gasteiger partial charge in [-0.1, -0.05) is 6.92 Å². The highest BCUT2D eigenvalue weighted by Crippen LogP contribution is 2.27. The van der Waals surface area contributed by atoms with Crippen LogP contribution in [0.15, 0.2) is 11.0 Å². The van der Waals surface area contributed by atoms with Crippen molar-refractivity contribution in [1.29, 1.82) is 0 Å². The summed E-state index contributed by atoms with van der Waals surface area (Å²) >= 11 is 0. The number of nitrogens with zero attached hydrogens (tertiary/aromatic N) is 1. The normalized spacial score (nSPS) is 17.8. The number of nitrogens with one attached hydrogen (secondary N) is 1. The molecule has 1 aliphatic heterocycles. The molecular formula is C14H22N2O2. The third-order valence-electron chi connectivity index (χ3n) is 3.60. The SMILES string of the molecule is Cc1c[nH]c(CN(C)CC2(C)COC2)c(C)c1=O. The van der Waals surface area contributed by atoms with Gasteiger partial charge in [0.15, 0.2) is 5.43 Å². The summed E-state index contributed by atoms with van der Waals surface area (Å²) < 4.78 is 5.26. The molecule has 1 aliphatic rings. The molecule has 1 N–H and O–H groups in total. The van der Waals surface area contributed by atoms with Gasteiger partial charge in [-0.05, 0) is 20.9 Å². The average Bonchev–Trinajstić information content (AvgIpc) is 2.28. The second-order valence-electron chi connectivity index (χ2n) is 5.88. The molecular weight excluding hydrogens is 228 g/mol. The Bertz CT molecular complexity index is 489. The average molecular weight is 250 g/mol. The van der Waals surface area contributed by atoms with Crippen molar-refractivity contribution in [2.75, 3.05) is 26.8 Å². The Morgan fingerprint density at radius 3 is 2.67 bits per heavy atom. The van der Waals surface area contributed by atoms with E-state index in [1.807, 2.05) is 13.8 Å². The number of aromatic amines is 1. The van der Waals surface area contributed by atoms with Crippen molar-refractivity contribution >= 4 is 0 Å². The minimum atomic E-state index is 0.148. The van der Waals surface area contributed by atoms with Crippen LogP contribution < -0.4 is 5.43 Å². The Kier molecular flexibility index (Phi) is 3.59. The molecule has 18 heavy (non-hydrogen) atoms. The fourth-order valence-corrected chi connectivity index (χ4v) is 2.49. The van der Waals surface area contributed by atoms with E-state index in [4.69, 9.17) is 4.74 Å². The lowest BCUT2D eigenvalue weighted by molar-refractivity contribution is -0.113. The summed E-state index contributed by atoms with van der Waals surface area (Å²) in [5.41, 5.74) is 3.04. The first kappa shape index (κ1) is 13.3. The van der Waals surface area contributed by atoms with Crippen molar-refractivity contribution in [3.05, 3.63) is 33.2 Å². The smallest absolute Gasteiger partial charge is 0.187 e. The van der Waals surface area contributed by atoms with Crippen LogP contribution in [0.2, 0.25) is 0 Å². The fraction of sp³-hybridized carbons (Fsp3) is 0.643. The zero-order chi connectivity index (χ0) is 13.3. The first-order valence-electron chi connectivity index (χ1n) is 6.35. The Balaban J connectivity index is 2.05. The number of ether oxygens (including phenoxy) is 1. The van der Waals surface area contributed by atoms with Crippen LogP contribution in [0.5, 0.6) is 0 Å². The van der Waals surface area contributed by atoms with Crippen molar-refractivity contribution in [3.63, 3.8) is 0 Å². The summed E-state index contributed by atoms with van der Waals surface area (Å²) in [6, 6.07) is 0. The zero-order valence-electron chi connectivity index (χ0n) is 11.7. The van der Waals surface area contributed by atoms with Crippen molar-refractivity contribution in [1.82, 2.24) is 9.88 Å². The third-order valence-corrected chi connectivity index (χ3v) is 3.60. The number of pyridine rings is 1. The largest absolute Gasteiger partial charge is 0.380 e. The van der Waals surface area contributed by atoms with E-state index in [1.54, 1.807) is 6.20 Å². The summed E-state index contributed by atoms with van der Waals surface area (Å²) in [6.07, 6.45) is 1.80. The van der Waals surface area contributed by atoms with E-state index in [1.165, 1.54) is 0 Å². The molecule has 1 fully saturated rings. The minimum absolute atomic E-state index is 0.148. The van der Waals surface area contributed by atoms with E-state index in [9.17, 15) is 4.79 Å². The van der Waals surface area contributed by atoms with Gasteiger partial charge < -0.3 is 9.72 Å². The second-order valence-corrected chi connectivity index (χ2v) is 5.88. The molecule has 1 aromatic rings. The molecule has 100 valence electrons. The van der Waals surface area contributed by atoms with Gasteiger partial charge in [0.1, 0.15) is 0 Å². The monoisotopic (exact) mass is 250 g/mol.